The van der Waals surface area contributed by atoms with E-state index in [1.807, 2.05) is 26.0 Å². The van der Waals surface area contributed by atoms with Gasteiger partial charge >= 0.3 is 0 Å². The molecule has 116 valence electrons. The van der Waals surface area contributed by atoms with Gasteiger partial charge in [-0.15, -0.1) is 0 Å². The summed E-state index contributed by atoms with van der Waals surface area (Å²) in [7, 11) is -3.32. The van der Waals surface area contributed by atoms with Crippen molar-refractivity contribution in [2.24, 2.45) is 11.8 Å². The van der Waals surface area contributed by atoms with Crippen LogP contribution in [0.4, 0.5) is 0 Å². The Morgan fingerprint density at radius 2 is 1.71 bits per heavy atom. The van der Waals surface area contributed by atoms with Crippen molar-refractivity contribution in [1.82, 2.24) is 4.31 Å². The predicted octanol–water partition coefficient (Wildman–Crippen LogP) is 3.50. The summed E-state index contributed by atoms with van der Waals surface area (Å²) in [5, 5.41) is 0. The third-order valence-corrected chi connectivity index (χ3v) is 7.23. The van der Waals surface area contributed by atoms with Crippen molar-refractivity contribution < 1.29 is 8.42 Å². The fourth-order valence-electron chi connectivity index (χ4n) is 3.81. The van der Waals surface area contributed by atoms with E-state index in [1.165, 1.54) is 25.7 Å². The molecule has 0 spiro atoms. The quantitative estimate of drug-likeness (QED) is 0.838. The average Bonchev–Trinajstić information content (AvgIpc) is 2.49. The van der Waals surface area contributed by atoms with E-state index in [2.05, 4.69) is 0 Å². The first-order valence-electron chi connectivity index (χ1n) is 8.06. The van der Waals surface area contributed by atoms with Gasteiger partial charge in [0.1, 0.15) is 0 Å². The Morgan fingerprint density at radius 1 is 1.00 bits per heavy atom. The van der Waals surface area contributed by atoms with Gasteiger partial charge in [-0.3, -0.25) is 0 Å². The Morgan fingerprint density at radius 3 is 2.43 bits per heavy atom. The number of hydrogen-bond acceptors (Lipinski definition) is 2. The van der Waals surface area contributed by atoms with Crippen molar-refractivity contribution >= 4 is 10.0 Å². The second-order valence-electron chi connectivity index (χ2n) is 6.70. The van der Waals surface area contributed by atoms with Crippen LogP contribution in [-0.4, -0.2) is 25.8 Å². The summed E-state index contributed by atoms with van der Waals surface area (Å²) < 4.78 is 27.4. The van der Waals surface area contributed by atoms with Gasteiger partial charge in [0.25, 0.3) is 0 Å². The van der Waals surface area contributed by atoms with Crippen molar-refractivity contribution in [2.75, 3.05) is 13.1 Å². The van der Waals surface area contributed by atoms with Crippen LogP contribution in [0, 0.1) is 25.7 Å². The van der Waals surface area contributed by atoms with E-state index in [-0.39, 0.29) is 0 Å². The molecule has 1 saturated carbocycles. The molecule has 0 unspecified atom stereocenters. The Labute approximate surface area is 128 Å². The summed E-state index contributed by atoms with van der Waals surface area (Å²) in [4.78, 5) is 0.458. The summed E-state index contributed by atoms with van der Waals surface area (Å²) in [6.07, 6.45) is 6.12. The Balaban J connectivity index is 1.83. The summed E-state index contributed by atoms with van der Waals surface area (Å²) in [6, 6.07) is 5.48. The summed E-state index contributed by atoms with van der Waals surface area (Å²) >= 11 is 0. The fourth-order valence-corrected chi connectivity index (χ4v) is 5.41. The maximum atomic E-state index is 12.9. The number of hydrogen-bond donors (Lipinski definition) is 0. The number of rotatable bonds is 2. The van der Waals surface area contributed by atoms with Crippen molar-refractivity contribution in [3.8, 4) is 0 Å². The Bertz CT molecular complexity index is 624. The molecule has 1 heterocycles. The second kappa shape index (κ2) is 5.73. The predicted molar refractivity (Wildman–Crippen MR) is 84.7 cm³/mol. The van der Waals surface area contributed by atoms with Crippen LogP contribution >= 0.6 is 0 Å². The molecule has 2 fully saturated rings. The van der Waals surface area contributed by atoms with E-state index in [4.69, 9.17) is 0 Å². The summed E-state index contributed by atoms with van der Waals surface area (Å²) in [5.74, 6) is 1.33. The molecule has 4 heteroatoms. The van der Waals surface area contributed by atoms with Crippen molar-refractivity contribution in [3.63, 3.8) is 0 Å². The van der Waals surface area contributed by atoms with Crippen LogP contribution in [0.2, 0.25) is 0 Å². The van der Waals surface area contributed by atoms with Crippen LogP contribution in [0.3, 0.4) is 0 Å². The zero-order valence-electron chi connectivity index (χ0n) is 13.0. The van der Waals surface area contributed by atoms with Gasteiger partial charge in [-0.25, -0.2) is 8.42 Å². The first-order chi connectivity index (χ1) is 9.98. The van der Waals surface area contributed by atoms with Crippen molar-refractivity contribution in [1.29, 1.82) is 0 Å². The average molecular weight is 307 g/mol. The molecule has 1 aliphatic heterocycles. The molecule has 2 atom stereocenters. The third-order valence-electron chi connectivity index (χ3n) is 5.37. The van der Waals surface area contributed by atoms with Gasteiger partial charge in [-0.05, 0) is 61.8 Å². The molecule has 1 aromatic rings. The van der Waals surface area contributed by atoms with E-state index in [9.17, 15) is 8.42 Å². The number of piperidine rings is 1. The standard InChI is InChI=1S/C17H25NO2S/c1-13-7-8-17(11-14(13)2)21(19,20)18-10-9-15-5-3-4-6-16(15)12-18/h7-8,11,15-16H,3-6,9-10,12H2,1-2H3/t15-,16-/m1/s1. The van der Waals surface area contributed by atoms with Gasteiger partial charge in [0.05, 0.1) is 4.90 Å². The molecule has 1 aromatic carbocycles. The number of fused-ring (bicyclic) bond motifs is 1. The van der Waals surface area contributed by atoms with E-state index < -0.39 is 10.0 Å². The van der Waals surface area contributed by atoms with Crippen molar-refractivity contribution in [3.05, 3.63) is 29.3 Å². The van der Waals surface area contributed by atoms with Gasteiger partial charge in [-0.1, -0.05) is 25.3 Å². The summed E-state index contributed by atoms with van der Waals surface area (Å²) in [6.45, 7) is 5.40. The molecular formula is C17H25NO2S. The monoisotopic (exact) mass is 307 g/mol. The maximum absolute atomic E-state index is 12.9. The smallest absolute Gasteiger partial charge is 0.207 e. The molecule has 0 amide bonds. The zero-order chi connectivity index (χ0) is 15.0. The van der Waals surface area contributed by atoms with Gasteiger partial charge in [0.2, 0.25) is 10.0 Å². The molecule has 1 saturated heterocycles. The van der Waals surface area contributed by atoms with Crippen LogP contribution in [0.5, 0.6) is 0 Å². The molecule has 0 N–H and O–H groups in total. The SMILES string of the molecule is Cc1ccc(S(=O)(=O)N2CC[C@H]3CCCC[C@@H]3C2)cc1C. The first-order valence-corrected chi connectivity index (χ1v) is 9.50. The lowest BCUT2D eigenvalue weighted by Gasteiger charge is -2.40. The van der Waals surface area contributed by atoms with Gasteiger partial charge < -0.3 is 0 Å². The van der Waals surface area contributed by atoms with Crippen LogP contribution in [0.15, 0.2) is 23.1 Å². The molecule has 0 bridgehead atoms. The highest BCUT2D eigenvalue weighted by Crippen LogP contribution is 2.37. The molecule has 1 aliphatic carbocycles. The Hall–Kier alpha value is -0.870. The van der Waals surface area contributed by atoms with Crippen molar-refractivity contribution in [2.45, 2.75) is 50.8 Å². The maximum Gasteiger partial charge on any atom is 0.243 e. The number of sulfonamides is 1. The van der Waals surface area contributed by atoms with E-state index in [0.717, 1.165) is 30.0 Å². The van der Waals surface area contributed by atoms with Gasteiger partial charge in [0, 0.05) is 13.1 Å². The number of aryl methyl sites for hydroxylation is 2. The Kier molecular flexibility index (Phi) is 4.10. The largest absolute Gasteiger partial charge is 0.243 e. The van der Waals surface area contributed by atoms with Crippen LogP contribution in [0.1, 0.15) is 43.2 Å². The van der Waals surface area contributed by atoms with Gasteiger partial charge in [-0.2, -0.15) is 4.31 Å². The molecule has 3 rings (SSSR count). The number of benzene rings is 1. The molecule has 0 radical (unpaired) electrons. The third kappa shape index (κ3) is 2.88. The van der Waals surface area contributed by atoms with Crippen LogP contribution < -0.4 is 0 Å². The lowest BCUT2D eigenvalue weighted by molar-refractivity contribution is 0.136. The van der Waals surface area contributed by atoms with E-state index in [0.29, 0.717) is 17.4 Å². The summed E-state index contributed by atoms with van der Waals surface area (Å²) in [5.41, 5.74) is 2.18. The minimum atomic E-state index is -3.32. The minimum absolute atomic E-state index is 0.458. The molecule has 0 aromatic heterocycles. The van der Waals surface area contributed by atoms with Crippen LogP contribution in [-0.2, 0) is 10.0 Å². The normalized spacial score (nSPS) is 27.3. The second-order valence-corrected chi connectivity index (χ2v) is 8.64. The zero-order valence-corrected chi connectivity index (χ0v) is 13.8. The lowest BCUT2D eigenvalue weighted by atomic mass is 9.76. The lowest BCUT2D eigenvalue weighted by Crippen LogP contribution is -2.44. The molecule has 2 aliphatic rings. The molecule has 21 heavy (non-hydrogen) atoms. The van der Waals surface area contributed by atoms with E-state index in [1.54, 1.807) is 10.4 Å². The van der Waals surface area contributed by atoms with Crippen LogP contribution in [0.25, 0.3) is 0 Å². The minimum Gasteiger partial charge on any atom is -0.207 e. The number of nitrogens with zero attached hydrogens (tertiary/aromatic N) is 1. The fraction of sp³-hybridized carbons (Fsp3) is 0.647. The molecular weight excluding hydrogens is 282 g/mol. The highest BCUT2D eigenvalue weighted by atomic mass is 32.2. The molecule has 3 nitrogen and oxygen atoms in total. The highest BCUT2D eigenvalue weighted by molar-refractivity contribution is 7.89. The van der Waals surface area contributed by atoms with E-state index >= 15 is 0 Å². The first kappa shape index (κ1) is 15.0. The van der Waals surface area contributed by atoms with Gasteiger partial charge in [0.15, 0.2) is 0 Å². The highest BCUT2D eigenvalue weighted by Gasteiger charge is 2.36. The topological polar surface area (TPSA) is 37.4 Å².